The third-order valence-electron chi connectivity index (χ3n) is 2.24. The summed E-state index contributed by atoms with van der Waals surface area (Å²) in [4.78, 5) is 30.8. The lowest BCUT2D eigenvalue weighted by Gasteiger charge is -1.99. The number of aliphatic carboxylic acids is 1. The standard InChI is InChI=1S/C8H6O4.C5H10O3/c9-7(10)5-3-1-2-4-6(5)8(11)12;1-2-3-4(6)5(7)8/h1-4H,(H,9,10)(H,11,12);4,6H,2-3H2,1H3,(H,7,8). The van der Waals surface area contributed by atoms with E-state index in [1.807, 2.05) is 6.92 Å². The highest BCUT2D eigenvalue weighted by molar-refractivity contribution is 6.01. The summed E-state index contributed by atoms with van der Waals surface area (Å²) in [6.45, 7) is 1.83. The number of carboxylic acids is 3. The van der Waals surface area contributed by atoms with Gasteiger partial charge in [-0.1, -0.05) is 25.5 Å². The van der Waals surface area contributed by atoms with Crippen molar-refractivity contribution in [1.82, 2.24) is 0 Å². The Morgan fingerprint density at radius 2 is 1.40 bits per heavy atom. The Balaban J connectivity index is 0.000000396. The minimum atomic E-state index is -1.23. The lowest BCUT2D eigenvalue weighted by atomic mass is 10.1. The van der Waals surface area contributed by atoms with Crippen molar-refractivity contribution in [3.63, 3.8) is 0 Å². The lowest BCUT2D eigenvalue weighted by Crippen LogP contribution is -2.18. The molecule has 0 bridgehead atoms. The van der Waals surface area contributed by atoms with Crippen LogP contribution in [0.4, 0.5) is 0 Å². The minimum Gasteiger partial charge on any atom is -0.479 e. The number of rotatable bonds is 5. The third-order valence-corrected chi connectivity index (χ3v) is 2.24. The Morgan fingerprint density at radius 1 is 1.00 bits per heavy atom. The maximum atomic E-state index is 10.5. The Hall–Kier alpha value is -2.41. The second-order valence-electron chi connectivity index (χ2n) is 3.80. The predicted molar refractivity (Wildman–Crippen MR) is 68.9 cm³/mol. The van der Waals surface area contributed by atoms with Crippen LogP contribution in [-0.4, -0.2) is 44.4 Å². The van der Waals surface area contributed by atoms with Gasteiger partial charge >= 0.3 is 17.9 Å². The second kappa shape index (κ2) is 8.65. The molecule has 0 radical (unpaired) electrons. The summed E-state index contributed by atoms with van der Waals surface area (Å²) in [5, 5.41) is 33.7. The van der Waals surface area contributed by atoms with Gasteiger partial charge in [-0.15, -0.1) is 0 Å². The van der Waals surface area contributed by atoms with Gasteiger partial charge in [-0.05, 0) is 18.6 Å². The van der Waals surface area contributed by atoms with Crippen molar-refractivity contribution >= 4 is 17.9 Å². The van der Waals surface area contributed by atoms with Crippen LogP contribution in [0.25, 0.3) is 0 Å². The molecule has 7 nitrogen and oxygen atoms in total. The molecule has 0 fully saturated rings. The third kappa shape index (κ3) is 5.96. The summed E-state index contributed by atoms with van der Waals surface area (Å²) in [7, 11) is 0. The number of carboxylic acid groups (broad SMARTS) is 3. The van der Waals surface area contributed by atoms with Crippen molar-refractivity contribution in [2.45, 2.75) is 25.9 Å². The number of hydrogen-bond donors (Lipinski definition) is 4. The van der Waals surface area contributed by atoms with Crippen molar-refractivity contribution in [3.05, 3.63) is 35.4 Å². The molecular weight excluding hydrogens is 268 g/mol. The van der Waals surface area contributed by atoms with Gasteiger partial charge in [0.2, 0.25) is 0 Å². The van der Waals surface area contributed by atoms with Gasteiger partial charge in [0, 0.05) is 0 Å². The van der Waals surface area contributed by atoms with Crippen LogP contribution in [0, 0.1) is 0 Å². The summed E-state index contributed by atoms with van der Waals surface area (Å²) in [6, 6.07) is 5.48. The smallest absolute Gasteiger partial charge is 0.336 e. The van der Waals surface area contributed by atoms with E-state index in [1.54, 1.807) is 0 Å². The van der Waals surface area contributed by atoms with Crippen LogP contribution in [0.15, 0.2) is 24.3 Å². The van der Waals surface area contributed by atoms with Crippen LogP contribution < -0.4 is 0 Å². The molecule has 20 heavy (non-hydrogen) atoms. The molecule has 0 aromatic heterocycles. The molecule has 1 aromatic rings. The number of benzene rings is 1. The van der Waals surface area contributed by atoms with Crippen molar-refractivity contribution < 1.29 is 34.8 Å². The zero-order valence-electron chi connectivity index (χ0n) is 10.8. The zero-order valence-corrected chi connectivity index (χ0v) is 10.8. The normalized spacial score (nSPS) is 10.9. The average Bonchev–Trinajstić information content (AvgIpc) is 2.39. The highest BCUT2D eigenvalue weighted by Crippen LogP contribution is 2.07. The fraction of sp³-hybridized carbons (Fsp3) is 0.308. The molecule has 0 spiro atoms. The van der Waals surface area contributed by atoms with Crippen LogP contribution in [0.1, 0.15) is 40.5 Å². The van der Waals surface area contributed by atoms with Gasteiger partial charge in [-0.3, -0.25) is 0 Å². The highest BCUT2D eigenvalue weighted by Gasteiger charge is 2.13. The quantitative estimate of drug-likeness (QED) is 0.640. The van der Waals surface area contributed by atoms with Crippen LogP contribution in [0.2, 0.25) is 0 Å². The summed E-state index contributed by atoms with van der Waals surface area (Å²) < 4.78 is 0. The minimum absolute atomic E-state index is 0.190. The number of aliphatic hydroxyl groups is 1. The molecule has 0 aliphatic carbocycles. The van der Waals surface area contributed by atoms with E-state index in [1.165, 1.54) is 24.3 Å². The van der Waals surface area contributed by atoms with E-state index in [0.717, 1.165) is 0 Å². The van der Waals surface area contributed by atoms with E-state index in [2.05, 4.69) is 0 Å². The summed E-state index contributed by atoms with van der Waals surface area (Å²) in [5.41, 5.74) is -0.380. The molecular formula is C13H16O7. The van der Waals surface area contributed by atoms with E-state index in [4.69, 9.17) is 20.4 Å². The molecule has 0 saturated carbocycles. The second-order valence-corrected chi connectivity index (χ2v) is 3.80. The summed E-state index contributed by atoms with van der Waals surface area (Å²) in [6.07, 6.45) is -0.122. The topological polar surface area (TPSA) is 132 Å². The monoisotopic (exact) mass is 284 g/mol. The van der Waals surface area contributed by atoms with Crippen molar-refractivity contribution in [2.75, 3.05) is 0 Å². The molecule has 1 atom stereocenters. The molecule has 4 N–H and O–H groups in total. The molecule has 7 heteroatoms. The molecule has 1 rings (SSSR count). The first-order valence-corrected chi connectivity index (χ1v) is 5.77. The molecule has 1 aromatic carbocycles. The SMILES string of the molecule is CCCC(O)C(=O)O.O=C(O)c1ccccc1C(=O)O. The van der Waals surface area contributed by atoms with Gasteiger partial charge in [0.05, 0.1) is 11.1 Å². The van der Waals surface area contributed by atoms with Gasteiger partial charge in [-0.2, -0.15) is 0 Å². The first-order valence-electron chi connectivity index (χ1n) is 5.77. The first kappa shape index (κ1) is 17.6. The van der Waals surface area contributed by atoms with E-state index >= 15 is 0 Å². The molecule has 0 amide bonds. The van der Waals surface area contributed by atoms with E-state index in [0.29, 0.717) is 12.8 Å². The molecule has 0 saturated heterocycles. The first-order chi connectivity index (χ1) is 9.31. The van der Waals surface area contributed by atoms with E-state index in [-0.39, 0.29) is 11.1 Å². The average molecular weight is 284 g/mol. The summed E-state index contributed by atoms with van der Waals surface area (Å²) in [5.74, 6) is -3.59. The van der Waals surface area contributed by atoms with Crippen LogP contribution in [0.3, 0.4) is 0 Å². The van der Waals surface area contributed by atoms with E-state index < -0.39 is 24.0 Å². The van der Waals surface area contributed by atoms with Gasteiger partial charge < -0.3 is 20.4 Å². The molecule has 0 aliphatic heterocycles. The molecule has 1 unspecified atom stereocenters. The maximum Gasteiger partial charge on any atom is 0.336 e. The van der Waals surface area contributed by atoms with Gasteiger partial charge in [0.1, 0.15) is 0 Å². The van der Waals surface area contributed by atoms with Crippen molar-refractivity contribution in [3.8, 4) is 0 Å². The van der Waals surface area contributed by atoms with Crippen molar-refractivity contribution in [1.29, 1.82) is 0 Å². The maximum absolute atomic E-state index is 10.5. The van der Waals surface area contributed by atoms with Gasteiger partial charge in [0.15, 0.2) is 6.10 Å². The molecule has 0 heterocycles. The van der Waals surface area contributed by atoms with E-state index in [9.17, 15) is 14.4 Å². The van der Waals surface area contributed by atoms with Gasteiger partial charge in [0.25, 0.3) is 0 Å². The highest BCUT2D eigenvalue weighted by atomic mass is 16.4. The zero-order chi connectivity index (χ0) is 15.7. The lowest BCUT2D eigenvalue weighted by molar-refractivity contribution is -0.146. The Labute approximate surface area is 115 Å². The van der Waals surface area contributed by atoms with Crippen LogP contribution in [-0.2, 0) is 4.79 Å². The summed E-state index contributed by atoms with van der Waals surface area (Å²) >= 11 is 0. The fourth-order valence-corrected chi connectivity index (χ4v) is 1.25. The number of aliphatic hydroxyl groups excluding tert-OH is 1. The Kier molecular flexibility index (Phi) is 7.61. The number of hydrogen-bond acceptors (Lipinski definition) is 4. The fourth-order valence-electron chi connectivity index (χ4n) is 1.25. The molecule has 0 aliphatic rings. The number of carbonyl (C=O) groups is 3. The van der Waals surface area contributed by atoms with Crippen LogP contribution >= 0.6 is 0 Å². The largest absolute Gasteiger partial charge is 0.479 e. The Morgan fingerprint density at radius 3 is 1.60 bits per heavy atom. The number of aromatic carboxylic acids is 2. The van der Waals surface area contributed by atoms with Crippen LogP contribution in [0.5, 0.6) is 0 Å². The molecule has 110 valence electrons. The van der Waals surface area contributed by atoms with Crippen molar-refractivity contribution in [2.24, 2.45) is 0 Å². The Bertz CT molecular complexity index is 448. The van der Waals surface area contributed by atoms with Gasteiger partial charge in [-0.25, -0.2) is 14.4 Å². The predicted octanol–water partition coefficient (Wildman–Crippen LogP) is 1.32.